The Bertz CT molecular complexity index is 335. The molecule has 0 atom stereocenters. The van der Waals surface area contributed by atoms with Crippen molar-refractivity contribution in [3.63, 3.8) is 0 Å². The van der Waals surface area contributed by atoms with Crippen molar-refractivity contribution in [1.29, 1.82) is 0 Å². The molecule has 0 spiro atoms. The van der Waals surface area contributed by atoms with Gasteiger partial charge in [0, 0.05) is 30.5 Å². The summed E-state index contributed by atoms with van der Waals surface area (Å²) in [5.41, 5.74) is -0.329. The van der Waals surface area contributed by atoms with Gasteiger partial charge < -0.3 is 10.2 Å². The lowest BCUT2D eigenvalue weighted by Gasteiger charge is -2.35. The molecule has 0 aromatic rings. The highest BCUT2D eigenvalue weighted by Gasteiger charge is 2.32. The van der Waals surface area contributed by atoms with Gasteiger partial charge in [0.2, 0.25) is 11.8 Å². The van der Waals surface area contributed by atoms with Gasteiger partial charge in [-0.1, -0.05) is 34.6 Å². The van der Waals surface area contributed by atoms with Crippen molar-refractivity contribution >= 4 is 11.8 Å². The fourth-order valence-electron chi connectivity index (χ4n) is 2.63. The Morgan fingerprint density at radius 3 is 2.05 bits per heavy atom. The van der Waals surface area contributed by atoms with Gasteiger partial charge in [-0.3, -0.25) is 9.59 Å². The van der Waals surface area contributed by atoms with Gasteiger partial charge in [0.25, 0.3) is 0 Å². The van der Waals surface area contributed by atoms with E-state index in [-0.39, 0.29) is 29.2 Å². The van der Waals surface area contributed by atoms with E-state index in [1.165, 1.54) is 0 Å². The highest BCUT2D eigenvalue weighted by molar-refractivity contribution is 5.82. The number of nitrogens with one attached hydrogen (secondary N) is 1. The van der Waals surface area contributed by atoms with Crippen LogP contribution in [0.5, 0.6) is 0 Å². The molecule has 1 aliphatic rings. The smallest absolute Gasteiger partial charge is 0.227 e. The minimum absolute atomic E-state index is 0.0691. The number of hydrogen-bond donors (Lipinski definition) is 1. The Morgan fingerprint density at radius 2 is 1.65 bits per heavy atom. The number of hydrogen-bond acceptors (Lipinski definition) is 2. The van der Waals surface area contributed by atoms with Crippen molar-refractivity contribution in [3.05, 3.63) is 0 Å². The van der Waals surface area contributed by atoms with Crippen LogP contribution in [0.1, 0.15) is 60.3 Å². The maximum Gasteiger partial charge on any atom is 0.227 e. The first-order valence-electron chi connectivity index (χ1n) is 7.89. The number of nitrogens with zero attached hydrogens (tertiary/aromatic N) is 1. The van der Waals surface area contributed by atoms with Gasteiger partial charge in [-0.2, -0.15) is 0 Å². The molecule has 0 aromatic carbocycles. The number of likely N-dealkylation sites (tertiary alicyclic amines) is 1. The highest BCUT2D eigenvalue weighted by Crippen LogP contribution is 2.23. The van der Waals surface area contributed by atoms with Crippen LogP contribution in [0, 0.1) is 11.3 Å². The second-order valence-electron chi connectivity index (χ2n) is 6.84. The van der Waals surface area contributed by atoms with Crippen molar-refractivity contribution in [2.24, 2.45) is 11.3 Å². The highest BCUT2D eigenvalue weighted by atomic mass is 16.2. The predicted molar refractivity (Wildman–Crippen MR) is 81.3 cm³/mol. The Balaban J connectivity index is 2.46. The van der Waals surface area contributed by atoms with E-state index in [0.29, 0.717) is 13.1 Å². The largest absolute Gasteiger partial charge is 0.353 e. The molecule has 1 heterocycles. The zero-order valence-corrected chi connectivity index (χ0v) is 13.7. The third-order valence-corrected chi connectivity index (χ3v) is 4.13. The van der Waals surface area contributed by atoms with E-state index in [1.54, 1.807) is 0 Å². The summed E-state index contributed by atoms with van der Waals surface area (Å²) in [6.45, 7) is 11.4. The van der Waals surface area contributed by atoms with Gasteiger partial charge in [0.15, 0.2) is 0 Å². The molecule has 1 saturated heterocycles. The van der Waals surface area contributed by atoms with E-state index in [0.717, 1.165) is 25.7 Å². The molecule has 4 nitrogen and oxygen atoms in total. The molecule has 0 aromatic heterocycles. The van der Waals surface area contributed by atoms with Crippen molar-refractivity contribution in [2.45, 2.75) is 66.3 Å². The molecule has 0 saturated carbocycles. The summed E-state index contributed by atoms with van der Waals surface area (Å²) in [7, 11) is 0. The van der Waals surface area contributed by atoms with E-state index < -0.39 is 0 Å². The van der Waals surface area contributed by atoms with Crippen LogP contribution < -0.4 is 5.32 Å². The minimum atomic E-state index is -0.329. The van der Waals surface area contributed by atoms with E-state index in [1.807, 2.05) is 25.7 Å². The first kappa shape index (κ1) is 17.0. The third-order valence-electron chi connectivity index (χ3n) is 4.13. The van der Waals surface area contributed by atoms with E-state index in [4.69, 9.17) is 0 Å². The number of carbonyl (C=O) groups is 2. The number of carbonyl (C=O) groups excluding carboxylic acids is 2. The molecular weight excluding hydrogens is 252 g/mol. The van der Waals surface area contributed by atoms with Crippen molar-refractivity contribution in [1.82, 2.24) is 10.2 Å². The molecule has 0 aliphatic carbocycles. The zero-order chi connectivity index (χ0) is 15.3. The Morgan fingerprint density at radius 1 is 1.15 bits per heavy atom. The van der Waals surface area contributed by atoms with Gasteiger partial charge in [-0.15, -0.1) is 0 Å². The van der Waals surface area contributed by atoms with Gasteiger partial charge in [0.05, 0.1) is 0 Å². The molecule has 1 fully saturated rings. The summed E-state index contributed by atoms with van der Waals surface area (Å²) in [5.74, 6) is 0.428. The lowest BCUT2D eigenvalue weighted by molar-refractivity contribution is -0.142. The van der Waals surface area contributed by atoms with Crippen LogP contribution in [0.3, 0.4) is 0 Å². The van der Waals surface area contributed by atoms with Crippen molar-refractivity contribution in [3.8, 4) is 0 Å². The average Bonchev–Trinajstić information content (AvgIpc) is 2.42. The fraction of sp³-hybridized carbons (Fsp3) is 0.875. The lowest BCUT2D eigenvalue weighted by Crippen LogP contribution is -2.47. The van der Waals surface area contributed by atoms with Crippen molar-refractivity contribution in [2.75, 3.05) is 13.1 Å². The van der Waals surface area contributed by atoms with Gasteiger partial charge >= 0.3 is 0 Å². The second kappa shape index (κ2) is 7.09. The minimum Gasteiger partial charge on any atom is -0.353 e. The van der Waals surface area contributed by atoms with Gasteiger partial charge in [0.1, 0.15) is 0 Å². The summed E-state index contributed by atoms with van der Waals surface area (Å²) in [4.78, 5) is 26.3. The van der Waals surface area contributed by atoms with Gasteiger partial charge in [-0.05, 0) is 25.7 Å². The molecule has 0 radical (unpaired) electrons. The van der Waals surface area contributed by atoms with E-state index in [9.17, 15) is 9.59 Å². The monoisotopic (exact) mass is 282 g/mol. The number of rotatable bonds is 4. The summed E-state index contributed by atoms with van der Waals surface area (Å²) in [6.07, 6.45) is 3.52. The Labute approximate surface area is 123 Å². The molecule has 4 heteroatoms. The van der Waals surface area contributed by atoms with Crippen LogP contribution in [-0.4, -0.2) is 35.8 Å². The standard InChI is InChI=1S/C16H30N2O2/c1-6-13(7-2)17-14(19)12-8-10-18(11-9-12)15(20)16(3,4)5/h12-13H,6-11H2,1-5H3,(H,17,19). The second-order valence-corrected chi connectivity index (χ2v) is 6.84. The van der Waals surface area contributed by atoms with Crippen LogP contribution in [0.4, 0.5) is 0 Å². The van der Waals surface area contributed by atoms with Gasteiger partial charge in [-0.25, -0.2) is 0 Å². The first-order valence-corrected chi connectivity index (χ1v) is 7.89. The van der Waals surface area contributed by atoms with Crippen LogP contribution in [0.2, 0.25) is 0 Å². The summed E-state index contributed by atoms with van der Waals surface area (Å²) >= 11 is 0. The van der Waals surface area contributed by atoms with E-state index in [2.05, 4.69) is 19.2 Å². The molecule has 0 unspecified atom stereocenters. The molecule has 1 aliphatic heterocycles. The zero-order valence-electron chi connectivity index (χ0n) is 13.7. The fourth-order valence-corrected chi connectivity index (χ4v) is 2.63. The maximum absolute atomic E-state index is 12.2. The topological polar surface area (TPSA) is 49.4 Å². The third kappa shape index (κ3) is 4.50. The number of piperidine rings is 1. The normalized spacial score (nSPS) is 17.4. The Kier molecular flexibility index (Phi) is 6.03. The summed E-state index contributed by atoms with van der Waals surface area (Å²) < 4.78 is 0. The summed E-state index contributed by atoms with van der Waals surface area (Å²) in [6, 6.07) is 0.289. The van der Waals surface area contributed by atoms with Crippen LogP contribution in [-0.2, 0) is 9.59 Å². The SMILES string of the molecule is CCC(CC)NC(=O)C1CCN(C(=O)C(C)(C)C)CC1. The predicted octanol–water partition coefficient (Wildman–Crippen LogP) is 2.58. The molecule has 1 N–H and O–H groups in total. The first-order chi connectivity index (χ1) is 9.29. The number of amides is 2. The average molecular weight is 282 g/mol. The van der Waals surface area contributed by atoms with Crippen LogP contribution in [0.15, 0.2) is 0 Å². The van der Waals surface area contributed by atoms with Crippen molar-refractivity contribution < 1.29 is 9.59 Å². The van der Waals surface area contributed by atoms with E-state index >= 15 is 0 Å². The molecule has 116 valence electrons. The molecule has 1 rings (SSSR count). The molecule has 2 amide bonds. The van der Waals surface area contributed by atoms with Crippen LogP contribution >= 0.6 is 0 Å². The molecule has 20 heavy (non-hydrogen) atoms. The lowest BCUT2D eigenvalue weighted by atomic mass is 9.90. The molecular formula is C16H30N2O2. The molecule has 0 bridgehead atoms. The summed E-state index contributed by atoms with van der Waals surface area (Å²) in [5, 5.41) is 3.12. The maximum atomic E-state index is 12.2. The Hall–Kier alpha value is -1.06. The van der Waals surface area contributed by atoms with Crippen LogP contribution in [0.25, 0.3) is 0 Å². The quantitative estimate of drug-likeness (QED) is 0.861.